The van der Waals surface area contributed by atoms with Crippen LogP contribution in [0.3, 0.4) is 0 Å². The van der Waals surface area contributed by atoms with Crippen LogP contribution in [-0.2, 0) is 0 Å². The molecule has 0 unspecified atom stereocenters. The first-order valence-electron chi connectivity index (χ1n) is 6.19. The molecule has 1 N–H and O–H groups in total. The summed E-state index contributed by atoms with van der Waals surface area (Å²) in [4.78, 5) is 16.7. The van der Waals surface area contributed by atoms with Crippen molar-refractivity contribution in [1.82, 2.24) is 4.98 Å². The van der Waals surface area contributed by atoms with E-state index in [0.717, 1.165) is 20.6 Å². The van der Waals surface area contributed by atoms with Crippen molar-refractivity contribution >= 4 is 38.9 Å². The van der Waals surface area contributed by atoms with Gasteiger partial charge in [-0.1, -0.05) is 0 Å². The van der Waals surface area contributed by atoms with Crippen molar-refractivity contribution in [2.24, 2.45) is 0 Å². The van der Waals surface area contributed by atoms with Crippen LogP contribution in [0.5, 0.6) is 0 Å². The van der Waals surface area contributed by atoms with Gasteiger partial charge in [0, 0.05) is 11.3 Å². The number of thiophene rings is 1. The number of amides is 1. The van der Waals surface area contributed by atoms with Crippen molar-refractivity contribution in [3.05, 3.63) is 57.1 Å². The van der Waals surface area contributed by atoms with Crippen LogP contribution in [0.25, 0.3) is 11.3 Å². The molecule has 2 heterocycles. The molecule has 3 rings (SSSR count). The number of hydrogen-bond acceptors (Lipinski definition) is 4. The minimum absolute atomic E-state index is 0.110. The highest BCUT2D eigenvalue weighted by atomic mass is 79.9. The fourth-order valence-corrected chi connectivity index (χ4v) is 3.27. The van der Waals surface area contributed by atoms with Crippen molar-refractivity contribution < 1.29 is 9.21 Å². The molecule has 0 fully saturated rings. The number of anilines is 1. The molecule has 0 saturated heterocycles. The van der Waals surface area contributed by atoms with Crippen molar-refractivity contribution in [3.8, 4) is 11.3 Å². The average Bonchev–Trinajstić information content (AvgIpc) is 3.11. The van der Waals surface area contributed by atoms with Crippen LogP contribution in [0.2, 0.25) is 0 Å². The topological polar surface area (TPSA) is 55.1 Å². The van der Waals surface area contributed by atoms with E-state index in [4.69, 9.17) is 4.42 Å². The molecule has 3 aromatic rings. The Morgan fingerprint density at radius 1 is 1.33 bits per heavy atom. The predicted molar refractivity (Wildman–Crippen MR) is 86.6 cm³/mol. The largest absolute Gasteiger partial charge is 0.444 e. The van der Waals surface area contributed by atoms with Crippen molar-refractivity contribution in [2.75, 3.05) is 5.32 Å². The van der Waals surface area contributed by atoms with E-state index in [2.05, 4.69) is 26.2 Å². The van der Waals surface area contributed by atoms with Gasteiger partial charge in [0.2, 0.25) is 0 Å². The Bertz CT molecular complexity index is 744. The van der Waals surface area contributed by atoms with E-state index in [0.29, 0.717) is 10.6 Å². The van der Waals surface area contributed by atoms with Gasteiger partial charge in [-0.05, 0) is 58.7 Å². The Hall–Kier alpha value is -1.92. The summed E-state index contributed by atoms with van der Waals surface area (Å²) in [6.45, 7) is 1.96. The average molecular weight is 363 g/mol. The molecular weight excluding hydrogens is 352 g/mol. The molecule has 0 spiro atoms. The van der Waals surface area contributed by atoms with Gasteiger partial charge < -0.3 is 9.73 Å². The number of carbonyl (C=O) groups is 1. The maximum absolute atomic E-state index is 12.1. The predicted octanol–water partition coefficient (Wildman–Crippen LogP) is 4.73. The van der Waals surface area contributed by atoms with Crippen LogP contribution in [0.4, 0.5) is 5.69 Å². The summed E-state index contributed by atoms with van der Waals surface area (Å²) in [6, 6.07) is 9.31. The van der Waals surface area contributed by atoms with Crippen LogP contribution in [0, 0.1) is 6.92 Å². The number of halogens is 1. The Morgan fingerprint density at radius 3 is 2.67 bits per heavy atom. The monoisotopic (exact) mass is 362 g/mol. The number of hydrogen-bond donors (Lipinski definition) is 1. The van der Waals surface area contributed by atoms with Crippen LogP contribution in [0.15, 0.2) is 51.1 Å². The molecule has 1 amide bonds. The van der Waals surface area contributed by atoms with Crippen LogP contribution in [0.1, 0.15) is 15.2 Å². The first kappa shape index (κ1) is 14.0. The molecule has 0 atom stereocenters. The zero-order valence-corrected chi connectivity index (χ0v) is 13.5. The van der Waals surface area contributed by atoms with Gasteiger partial charge in [-0.25, -0.2) is 4.98 Å². The maximum Gasteiger partial charge on any atom is 0.265 e. The highest BCUT2D eigenvalue weighted by Gasteiger charge is 2.11. The number of nitrogens with one attached hydrogen (secondary N) is 1. The standard InChI is InChI=1S/C15H11BrN2O2S/c1-9-6-13(21-14(9)16)15(19)18-11-4-2-10(3-5-11)12-7-17-8-20-12/h2-8H,1H3,(H,18,19). The highest BCUT2D eigenvalue weighted by Crippen LogP contribution is 2.28. The lowest BCUT2D eigenvalue weighted by atomic mass is 10.1. The maximum atomic E-state index is 12.1. The lowest BCUT2D eigenvalue weighted by molar-refractivity contribution is 0.103. The highest BCUT2D eigenvalue weighted by molar-refractivity contribution is 9.11. The first-order chi connectivity index (χ1) is 10.1. The Balaban J connectivity index is 1.74. The fraction of sp³-hybridized carbons (Fsp3) is 0.0667. The quantitative estimate of drug-likeness (QED) is 0.732. The molecule has 0 saturated carbocycles. The van der Waals surface area contributed by atoms with E-state index in [1.807, 2.05) is 37.3 Å². The molecular formula is C15H11BrN2O2S. The van der Waals surface area contributed by atoms with Crippen LogP contribution >= 0.6 is 27.3 Å². The molecule has 0 radical (unpaired) electrons. The van der Waals surface area contributed by atoms with Gasteiger partial charge in [0.1, 0.15) is 0 Å². The molecule has 0 aliphatic carbocycles. The minimum Gasteiger partial charge on any atom is -0.444 e. The molecule has 1 aromatic carbocycles. The van der Waals surface area contributed by atoms with Gasteiger partial charge in [0.25, 0.3) is 5.91 Å². The smallest absolute Gasteiger partial charge is 0.265 e. The summed E-state index contributed by atoms with van der Waals surface area (Å²) in [5, 5.41) is 2.88. The zero-order valence-electron chi connectivity index (χ0n) is 11.1. The van der Waals surface area contributed by atoms with Crippen molar-refractivity contribution in [3.63, 3.8) is 0 Å². The number of rotatable bonds is 3. The number of nitrogens with zero attached hydrogens (tertiary/aromatic N) is 1. The minimum atomic E-state index is -0.110. The van der Waals surface area contributed by atoms with Gasteiger partial charge in [0.15, 0.2) is 12.2 Å². The number of oxazole rings is 1. The summed E-state index contributed by atoms with van der Waals surface area (Å²) in [6.07, 6.45) is 3.04. The molecule has 2 aromatic heterocycles. The van der Waals surface area contributed by atoms with Gasteiger partial charge >= 0.3 is 0 Å². The molecule has 106 valence electrons. The summed E-state index contributed by atoms with van der Waals surface area (Å²) in [5.74, 6) is 0.590. The second-order valence-electron chi connectivity index (χ2n) is 4.46. The van der Waals surface area contributed by atoms with Gasteiger partial charge in [-0.2, -0.15) is 0 Å². The molecule has 4 nitrogen and oxygen atoms in total. The Morgan fingerprint density at radius 2 is 2.10 bits per heavy atom. The summed E-state index contributed by atoms with van der Waals surface area (Å²) in [5.41, 5.74) is 2.72. The lowest BCUT2D eigenvalue weighted by Gasteiger charge is -2.04. The zero-order chi connectivity index (χ0) is 14.8. The normalized spacial score (nSPS) is 10.6. The summed E-state index contributed by atoms with van der Waals surface area (Å²) in [7, 11) is 0. The van der Waals surface area contributed by atoms with Crippen LogP contribution < -0.4 is 5.32 Å². The Kier molecular flexibility index (Phi) is 3.90. The molecule has 0 aliphatic rings. The number of aromatic nitrogens is 1. The second-order valence-corrected chi connectivity index (χ2v) is 6.83. The molecule has 0 bridgehead atoms. The Labute approximate surface area is 134 Å². The number of aryl methyl sites for hydroxylation is 1. The third-order valence-electron chi connectivity index (χ3n) is 2.94. The molecule has 6 heteroatoms. The van der Waals surface area contributed by atoms with E-state index in [9.17, 15) is 4.79 Å². The van der Waals surface area contributed by atoms with Crippen molar-refractivity contribution in [2.45, 2.75) is 6.92 Å². The molecule has 21 heavy (non-hydrogen) atoms. The lowest BCUT2D eigenvalue weighted by Crippen LogP contribution is -2.09. The van der Waals surface area contributed by atoms with E-state index < -0.39 is 0 Å². The SMILES string of the molecule is Cc1cc(C(=O)Nc2ccc(-c3cnco3)cc2)sc1Br. The number of benzene rings is 1. The van der Waals surface area contributed by atoms with Crippen LogP contribution in [-0.4, -0.2) is 10.9 Å². The summed E-state index contributed by atoms with van der Waals surface area (Å²) < 4.78 is 6.20. The van der Waals surface area contributed by atoms with Crippen molar-refractivity contribution in [1.29, 1.82) is 0 Å². The summed E-state index contributed by atoms with van der Waals surface area (Å²) >= 11 is 4.85. The third kappa shape index (κ3) is 3.06. The van der Waals surface area contributed by atoms with E-state index >= 15 is 0 Å². The third-order valence-corrected chi connectivity index (χ3v) is 5.08. The van der Waals surface area contributed by atoms with E-state index in [-0.39, 0.29) is 5.91 Å². The van der Waals surface area contributed by atoms with E-state index in [1.165, 1.54) is 17.7 Å². The van der Waals surface area contributed by atoms with Gasteiger partial charge in [-0.15, -0.1) is 11.3 Å². The van der Waals surface area contributed by atoms with Gasteiger partial charge in [-0.3, -0.25) is 4.79 Å². The number of carbonyl (C=O) groups excluding carboxylic acids is 1. The fourth-order valence-electron chi connectivity index (χ4n) is 1.84. The second kappa shape index (κ2) is 5.83. The van der Waals surface area contributed by atoms with E-state index in [1.54, 1.807) is 6.20 Å². The first-order valence-corrected chi connectivity index (χ1v) is 7.80. The molecule has 0 aliphatic heterocycles. The van der Waals surface area contributed by atoms with Gasteiger partial charge in [0.05, 0.1) is 14.9 Å².